The molecule has 20 heavy (non-hydrogen) atoms. The van der Waals surface area contributed by atoms with Gasteiger partial charge >= 0.3 is 0 Å². The SMILES string of the molecule is Cc1ccccc1C(=O)COc1cccc(F)c1C#N. The third kappa shape index (κ3) is 2.83. The second kappa shape index (κ2) is 5.98. The van der Waals surface area contributed by atoms with Gasteiger partial charge in [0, 0.05) is 5.56 Å². The van der Waals surface area contributed by atoms with Crippen molar-refractivity contribution in [1.82, 2.24) is 0 Å². The van der Waals surface area contributed by atoms with Crippen LogP contribution in [-0.4, -0.2) is 12.4 Å². The van der Waals surface area contributed by atoms with Crippen molar-refractivity contribution >= 4 is 5.78 Å². The van der Waals surface area contributed by atoms with E-state index in [2.05, 4.69) is 0 Å². The number of benzene rings is 2. The van der Waals surface area contributed by atoms with E-state index >= 15 is 0 Å². The first-order valence-electron chi connectivity index (χ1n) is 6.03. The van der Waals surface area contributed by atoms with E-state index in [1.807, 2.05) is 19.1 Å². The smallest absolute Gasteiger partial charge is 0.200 e. The predicted molar refractivity (Wildman–Crippen MR) is 72.1 cm³/mol. The molecule has 0 amide bonds. The van der Waals surface area contributed by atoms with Crippen LogP contribution in [0.5, 0.6) is 5.75 Å². The normalized spacial score (nSPS) is 9.85. The Balaban J connectivity index is 2.14. The maximum absolute atomic E-state index is 13.4. The molecular formula is C16H12FNO2. The highest BCUT2D eigenvalue weighted by atomic mass is 19.1. The molecule has 2 aromatic carbocycles. The van der Waals surface area contributed by atoms with Gasteiger partial charge in [-0.3, -0.25) is 4.79 Å². The van der Waals surface area contributed by atoms with Crippen molar-refractivity contribution in [1.29, 1.82) is 5.26 Å². The molecule has 0 fully saturated rings. The van der Waals surface area contributed by atoms with Gasteiger partial charge in [-0.25, -0.2) is 4.39 Å². The molecule has 0 saturated heterocycles. The van der Waals surface area contributed by atoms with E-state index < -0.39 is 5.82 Å². The molecule has 4 heteroatoms. The molecule has 2 aromatic rings. The van der Waals surface area contributed by atoms with E-state index in [4.69, 9.17) is 10.00 Å². The molecule has 0 N–H and O–H groups in total. The summed E-state index contributed by atoms with van der Waals surface area (Å²) in [6.45, 7) is 1.60. The van der Waals surface area contributed by atoms with Crippen molar-refractivity contribution in [3.8, 4) is 11.8 Å². The fourth-order valence-electron chi connectivity index (χ4n) is 1.84. The lowest BCUT2D eigenvalue weighted by Gasteiger charge is -2.08. The molecule has 2 rings (SSSR count). The number of nitriles is 1. The highest BCUT2D eigenvalue weighted by Gasteiger charge is 2.13. The van der Waals surface area contributed by atoms with Crippen molar-refractivity contribution < 1.29 is 13.9 Å². The van der Waals surface area contributed by atoms with Gasteiger partial charge in [0.15, 0.2) is 12.4 Å². The van der Waals surface area contributed by atoms with E-state index in [-0.39, 0.29) is 23.7 Å². The lowest BCUT2D eigenvalue weighted by atomic mass is 10.1. The first-order chi connectivity index (χ1) is 9.63. The van der Waals surface area contributed by atoms with Crippen LogP contribution in [0, 0.1) is 24.1 Å². The number of ether oxygens (including phenoxy) is 1. The van der Waals surface area contributed by atoms with Crippen molar-refractivity contribution in [2.45, 2.75) is 6.92 Å². The summed E-state index contributed by atoms with van der Waals surface area (Å²) in [6.07, 6.45) is 0. The Bertz CT molecular complexity index is 689. The molecule has 0 unspecified atom stereocenters. The van der Waals surface area contributed by atoms with Crippen LogP contribution in [0.4, 0.5) is 4.39 Å². The molecule has 100 valence electrons. The molecular weight excluding hydrogens is 257 g/mol. The number of ketones is 1. The highest BCUT2D eigenvalue weighted by molar-refractivity contribution is 5.98. The first-order valence-corrected chi connectivity index (χ1v) is 6.03. The summed E-state index contributed by atoms with van der Waals surface area (Å²) >= 11 is 0. The Kier molecular flexibility index (Phi) is 4.11. The minimum Gasteiger partial charge on any atom is -0.484 e. The molecule has 0 aliphatic rings. The van der Waals surface area contributed by atoms with Crippen molar-refractivity contribution in [2.24, 2.45) is 0 Å². The summed E-state index contributed by atoms with van der Waals surface area (Å²) in [4.78, 5) is 12.0. The third-order valence-electron chi connectivity index (χ3n) is 2.89. The Hall–Kier alpha value is -2.67. The molecule has 0 atom stereocenters. The van der Waals surface area contributed by atoms with Crippen LogP contribution in [-0.2, 0) is 0 Å². The summed E-state index contributed by atoms with van der Waals surface area (Å²) in [5.41, 5.74) is 1.22. The number of rotatable bonds is 4. The van der Waals surface area contributed by atoms with Crippen LogP contribution in [0.15, 0.2) is 42.5 Å². The van der Waals surface area contributed by atoms with Crippen molar-refractivity contribution in [2.75, 3.05) is 6.61 Å². The van der Waals surface area contributed by atoms with Gasteiger partial charge in [0.05, 0.1) is 0 Å². The number of carbonyl (C=O) groups excluding carboxylic acids is 1. The second-order valence-electron chi connectivity index (χ2n) is 4.25. The van der Waals surface area contributed by atoms with Crippen molar-refractivity contribution in [3.05, 3.63) is 65.0 Å². The first kappa shape index (κ1) is 13.8. The average Bonchev–Trinajstić information content (AvgIpc) is 2.45. The Morgan fingerprint density at radius 3 is 2.70 bits per heavy atom. The van der Waals surface area contributed by atoms with Gasteiger partial charge in [-0.05, 0) is 24.6 Å². The summed E-state index contributed by atoms with van der Waals surface area (Å²) in [5, 5.41) is 8.87. The molecule has 0 aromatic heterocycles. The number of nitrogens with zero attached hydrogens (tertiary/aromatic N) is 1. The highest BCUT2D eigenvalue weighted by Crippen LogP contribution is 2.20. The van der Waals surface area contributed by atoms with Gasteiger partial charge in [0.1, 0.15) is 23.2 Å². The van der Waals surface area contributed by atoms with Crippen molar-refractivity contribution in [3.63, 3.8) is 0 Å². The standard InChI is InChI=1S/C16H12FNO2/c1-11-5-2-3-6-12(11)15(19)10-20-16-8-4-7-14(17)13(16)9-18/h2-8H,10H2,1H3. The number of Topliss-reactive ketones (excluding diaryl/α,β-unsaturated/α-hetero) is 1. The van der Waals surface area contributed by atoms with E-state index in [0.29, 0.717) is 5.56 Å². The minimum absolute atomic E-state index is 0.0782. The topological polar surface area (TPSA) is 50.1 Å². The van der Waals surface area contributed by atoms with Crippen LogP contribution >= 0.6 is 0 Å². The van der Waals surface area contributed by atoms with Crippen LogP contribution in [0.25, 0.3) is 0 Å². The Labute approximate surface area is 116 Å². The summed E-state index contributed by atoms with van der Waals surface area (Å²) in [5.74, 6) is -0.793. The molecule has 0 aliphatic heterocycles. The zero-order valence-electron chi connectivity index (χ0n) is 10.9. The number of hydrogen-bond donors (Lipinski definition) is 0. The average molecular weight is 269 g/mol. The lowest BCUT2D eigenvalue weighted by molar-refractivity contribution is 0.0920. The van der Waals surface area contributed by atoms with E-state index in [9.17, 15) is 9.18 Å². The quantitative estimate of drug-likeness (QED) is 0.800. The van der Waals surface area contributed by atoms with Gasteiger partial charge in [0.25, 0.3) is 0 Å². The fraction of sp³-hybridized carbons (Fsp3) is 0.125. The third-order valence-corrected chi connectivity index (χ3v) is 2.89. The summed E-state index contributed by atoms with van der Waals surface area (Å²) in [7, 11) is 0. The maximum atomic E-state index is 13.4. The maximum Gasteiger partial charge on any atom is 0.200 e. The van der Waals surface area contributed by atoms with Crippen LogP contribution in [0.1, 0.15) is 21.5 Å². The minimum atomic E-state index is -0.659. The van der Waals surface area contributed by atoms with Crippen LogP contribution in [0.3, 0.4) is 0 Å². The molecule has 0 radical (unpaired) electrons. The van der Waals surface area contributed by atoms with E-state index in [1.165, 1.54) is 18.2 Å². The molecule has 3 nitrogen and oxygen atoms in total. The van der Waals surface area contributed by atoms with Gasteiger partial charge in [-0.1, -0.05) is 30.3 Å². The number of halogens is 1. The predicted octanol–water partition coefficient (Wildman–Crippen LogP) is 3.27. The monoisotopic (exact) mass is 269 g/mol. The second-order valence-corrected chi connectivity index (χ2v) is 4.25. The summed E-state index contributed by atoms with van der Waals surface area (Å²) in [6, 6.07) is 12.9. The number of aryl methyl sites for hydroxylation is 1. The lowest BCUT2D eigenvalue weighted by Crippen LogP contribution is -2.13. The zero-order chi connectivity index (χ0) is 14.5. The number of hydrogen-bond acceptors (Lipinski definition) is 3. The molecule has 0 spiro atoms. The largest absolute Gasteiger partial charge is 0.484 e. The van der Waals surface area contributed by atoms with Gasteiger partial charge in [-0.2, -0.15) is 5.26 Å². The molecule has 0 aliphatic carbocycles. The Morgan fingerprint density at radius 2 is 2.00 bits per heavy atom. The summed E-state index contributed by atoms with van der Waals surface area (Å²) < 4.78 is 18.6. The van der Waals surface area contributed by atoms with Crippen LogP contribution < -0.4 is 4.74 Å². The van der Waals surface area contributed by atoms with Crippen LogP contribution in [0.2, 0.25) is 0 Å². The van der Waals surface area contributed by atoms with E-state index in [0.717, 1.165) is 5.56 Å². The van der Waals surface area contributed by atoms with Gasteiger partial charge in [-0.15, -0.1) is 0 Å². The fourth-order valence-corrected chi connectivity index (χ4v) is 1.84. The molecule has 0 saturated carbocycles. The number of carbonyl (C=O) groups is 1. The molecule has 0 bridgehead atoms. The van der Waals surface area contributed by atoms with Gasteiger partial charge < -0.3 is 4.74 Å². The van der Waals surface area contributed by atoms with E-state index in [1.54, 1.807) is 18.2 Å². The Morgan fingerprint density at radius 1 is 1.25 bits per heavy atom. The van der Waals surface area contributed by atoms with Gasteiger partial charge in [0.2, 0.25) is 0 Å². The zero-order valence-corrected chi connectivity index (χ0v) is 10.9. The molecule has 0 heterocycles.